The summed E-state index contributed by atoms with van der Waals surface area (Å²) in [5.74, 6) is -1.28. The van der Waals surface area contributed by atoms with Crippen molar-refractivity contribution in [1.82, 2.24) is 4.98 Å². The first-order valence-corrected chi connectivity index (χ1v) is 3.96. The van der Waals surface area contributed by atoms with Crippen LogP contribution in [0.1, 0.15) is 28.0 Å². The standard InChI is InChI=1S/C8H5ClF3NO/c1-3-4(6(9)14)2-5(7(10)11)8(12)13-3/h2,7H,1H3. The van der Waals surface area contributed by atoms with Crippen molar-refractivity contribution in [1.29, 1.82) is 0 Å². The van der Waals surface area contributed by atoms with E-state index in [0.717, 1.165) is 6.07 Å². The van der Waals surface area contributed by atoms with Crippen LogP contribution in [-0.2, 0) is 0 Å². The maximum Gasteiger partial charge on any atom is 0.268 e. The number of hydrogen-bond donors (Lipinski definition) is 0. The van der Waals surface area contributed by atoms with Gasteiger partial charge < -0.3 is 0 Å². The molecule has 14 heavy (non-hydrogen) atoms. The van der Waals surface area contributed by atoms with E-state index in [0.29, 0.717) is 0 Å². The Balaban J connectivity index is 3.34. The third-order valence-corrected chi connectivity index (χ3v) is 1.84. The molecule has 0 fully saturated rings. The Bertz CT molecular complexity index is 381. The van der Waals surface area contributed by atoms with Crippen molar-refractivity contribution >= 4 is 16.8 Å². The van der Waals surface area contributed by atoms with E-state index in [1.807, 2.05) is 0 Å². The summed E-state index contributed by atoms with van der Waals surface area (Å²) in [6.07, 6.45) is -3.02. The van der Waals surface area contributed by atoms with E-state index in [1.165, 1.54) is 6.92 Å². The van der Waals surface area contributed by atoms with Crippen LogP contribution >= 0.6 is 11.6 Å². The normalized spacial score (nSPS) is 10.7. The fraction of sp³-hybridized carbons (Fsp3) is 0.250. The molecule has 0 aliphatic heterocycles. The van der Waals surface area contributed by atoms with Gasteiger partial charge in [0.1, 0.15) is 0 Å². The second kappa shape index (κ2) is 3.96. The van der Waals surface area contributed by atoms with Crippen molar-refractivity contribution in [3.05, 3.63) is 28.8 Å². The van der Waals surface area contributed by atoms with E-state index in [-0.39, 0.29) is 11.3 Å². The molecule has 0 aliphatic carbocycles. The zero-order valence-corrected chi connectivity index (χ0v) is 7.78. The third kappa shape index (κ3) is 2.04. The number of aromatic nitrogens is 1. The molecule has 0 atom stereocenters. The van der Waals surface area contributed by atoms with Crippen molar-refractivity contribution < 1.29 is 18.0 Å². The molecule has 0 amide bonds. The fourth-order valence-electron chi connectivity index (χ4n) is 0.944. The molecule has 1 heterocycles. The zero-order valence-electron chi connectivity index (χ0n) is 7.02. The number of rotatable bonds is 2. The molecule has 6 heteroatoms. The molecule has 0 N–H and O–H groups in total. The quantitative estimate of drug-likeness (QED) is 0.570. The van der Waals surface area contributed by atoms with Gasteiger partial charge in [0.05, 0.1) is 16.8 Å². The number of hydrogen-bond acceptors (Lipinski definition) is 2. The van der Waals surface area contributed by atoms with Crippen LogP contribution in [0.3, 0.4) is 0 Å². The van der Waals surface area contributed by atoms with E-state index in [4.69, 9.17) is 11.6 Å². The zero-order chi connectivity index (χ0) is 10.9. The van der Waals surface area contributed by atoms with Gasteiger partial charge in [-0.3, -0.25) is 4.79 Å². The van der Waals surface area contributed by atoms with Crippen molar-refractivity contribution in [3.8, 4) is 0 Å². The van der Waals surface area contributed by atoms with Gasteiger partial charge in [-0.1, -0.05) is 0 Å². The molecule has 2 nitrogen and oxygen atoms in total. The van der Waals surface area contributed by atoms with Gasteiger partial charge in [0, 0.05) is 0 Å². The molecule has 1 rings (SSSR count). The SMILES string of the molecule is Cc1nc(F)c(C(F)F)cc1C(=O)Cl. The van der Waals surface area contributed by atoms with Crippen LogP contribution in [-0.4, -0.2) is 10.2 Å². The van der Waals surface area contributed by atoms with Crippen LogP contribution in [0, 0.1) is 12.9 Å². The first-order chi connectivity index (χ1) is 6.43. The Morgan fingerprint density at radius 1 is 1.57 bits per heavy atom. The topological polar surface area (TPSA) is 30.0 Å². The van der Waals surface area contributed by atoms with Crippen LogP contribution in [0.5, 0.6) is 0 Å². The first-order valence-electron chi connectivity index (χ1n) is 3.58. The highest BCUT2D eigenvalue weighted by molar-refractivity contribution is 6.67. The number of pyridine rings is 1. The fourth-order valence-corrected chi connectivity index (χ4v) is 1.13. The van der Waals surface area contributed by atoms with Gasteiger partial charge in [-0.05, 0) is 24.6 Å². The minimum atomic E-state index is -3.02. The lowest BCUT2D eigenvalue weighted by molar-refractivity contribution is 0.107. The van der Waals surface area contributed by atoms with Gasteiger partial charge in [-0.25, -0.2) is 13.8 Å². The number of aryl methyl sites for hydroxylation is 1. The van der Waals surface area contributed by atoms with E-state index < -0.39 is 23.2 Å². The molecule has 0 aromatic carbocycles. The average molecular weight is 224 g/mol. The summed E-state index contributed by atoms with van der Waals surface area (Å²) < 4.78 is 37.1. The Hall–Kier alpha value is -1.10. The maximum atomic E-state index is 12.8. The maximum absolute atomic E-state index is 12.8. The summed E-state index contributed by atoms with van der Waals surface area (Å²) in [4.78, 5) is 13.9. The van der Waals surface area contributed by atoms with E-state index in [1.54, 1.807) is 0 Å². The highest BCUT2D eigenvalue weighted by Crippen LogP contribution is 2.23. The lowest BCUT2D eigenvalue weighted by Crippen LogP contribution is -2.03. The molecule has 76 valence electrons. The van der Waals surface area contributed by atoms with Gasteiger partial charge in [-0.2, -0.15) is 4.39 Å². The van der Waals surface area contributed by atoms with Crippen molar-refractivity contribution in [2.24, 2.45) is 0 Å². The summed E-state index contributed by atoms with van der Waals surface area (Å²) in [7, 11) is 0. The highest BCUT2D eigenvalue weighted by Gasteiger charge is 2.19. The third-order valence-electron chi connectivity index (χ3n) is 1.64. The summed E-state index contributed by atoms with van der Waals surface area (Å²) >= 11 is 5.09. The van der Waals surface area contributed by atoms with Gasteiger partial charge in [0.15, 0.2) is 0 Å². The second-order valence-corrected chi connectivity index (χ2v) is 2.92. The van der Waals surface area contributed by atoms with Crippen LogP contribution < -0.4 is 0 Å². The Morgan fingerprint density at radius 3 is 2.57 bits per heavy atom. The molecule has 1 aromatic heterocycles. The number of alkyl halides is 2. The molecule has 0 saturated heterocycles. The Kier molecular flexibility index (Phi) is 3.10. The Labute approximate surface area is 82.7 Å². The van der Waals surface area contributed by atoms with E-state index >= 15 is 0 Å². The van der Waals surface area contributed by atoms with Gasteiger partial charge >= 0.3 is 0 Å². The lowest BCUT2D eigenvalue weighted by Gasteiger charge is -2.05. The minimum Gasteiger partial charge on any atom is -0.276 e. The molecule has 0 radical (unpaired) electrons. The summed E-state index contributed by atoms with van der Waals surface area (Å²) in [6, 6.07) is 0.720. The monoisotopic (exact) mass is 223 g/mol. The molecular formula is C8H5ClF3NO. The molecule has 0 unspecified atom stereocenters. The van der Waals surface area contributed by atoms with Crippen LogP contribution in [0.4, 0.5) is 13.2 Å². The smallest absolute Gasteiger partial charge is 0.268 e. The molecule has 0 bridgehead atoms. The van der Waals surface area contributed by atoms with Gasteiger partial charge in [0.25, 0.3) is 11.7 Å². The summed E-state index contributed by atoms with van der Waals surface area (Å²) in [6.45, 7) is 1.31. The molecule has 0 spiro atoms. The molecule has 0 saturated carbocycles. The molecular weight excluding hydrogens is 219 g/mol. The van der Waals surface area contributed by atoms with E-state index in [2.05, 4.69) is 4.98 Å². The Morgan fingerprint density at radius 2 is 2.14 bits per heavy atom. The van der Waals surface area contributed by atoms with Crippen molar-refractivity contribution in [2.75, 3.05) is 0 Å². The second-order valence-electron chi connectivity index (χ2n) is 2.58. The van der Waals surface area contributed by atoms with Gasteiger partial charge in [-0.15, -0.1) is 0 Å². The van der Waals surface area contributed by atoms with Crippen molar-refractivity contribution in [2.45, 2.75) is 13.3 Å². The van der Waals surface area contributed by atoms with Crippen LogP contribution in [0.15, 0.2) is 6.07 Å². The predicted octanol–water partition coefficient (Wildman–Crippen LogP) is 2.85. The van der Waals surface area contributed by atoms with E-state index in [9.17, 15) is 18.0 Å². The number of carbonyl (C=O) groups excluding carboxylic acids is 1. The van der Waals surface area contributed by atoms with Crippen molar-refractivity contribution in [3.63, 3.8) is 0 Å². The molecule has 1 aromatic rings. The average Bonchev–Trinajstić information content (AvgIpc) is 2.02. The number of nitrogens with zero attached hydrogens (tertiary/aromatic N) is 1. The predicted molar refractivity (Wildman–Crippen MR) is 44.1 cm³/mol. The lowest BCUT2D eigenvalue weighted by atomic mass is 10.1. The van der Waals surface area contributed by atoms with Crippen LogP contribution in [0.25, 0.3) is 0 Å². The van der Waals surface area contributed by atoms with Crippen LogP contribution in [0.2, 0.25) is 0 Å². The van der Waals surface area contributed by atoms with Gasteiger partial charge in [0.2, 0.25) is 5.95 Å². The molecule has 0 aliphatic rings. The summed E-state index contributed by atoms with van der Waals surface area (Å²) in [5, 5.41) is -0.933. The number of halogens is 4. The first kappa shape index (κ1) is 11.0. The minimum absolute atomic E-state index is 0.00750. The largest absolute Gasteiger partial charge is 0.276 e. The highest BCUT2D eigenvalue weighted by atomic mass is 35.5. The number of carbonyl (C=O) groups is 1. The summed E-state index contributed by atoms with van der Waals surface area (Å²) in [5.41, 5.74) is -1.13.